The van der Waals surface area contributed by atoms with Gasteiger partial charge in [-0.2, -0.15) is 0 Å². The Morgan fingerprint density at radius 3 is 2.25 bits per heavy atom. The van der Waals surface area contributed by atoms with E-state index in [0.717, 1.165) is 18.3 Å². The molecule has 11 heteroatoms. The maximum absolute atomic E-state index is 13.3. The predicted molar refractivity (Wildman–Crippen MR) is 139 cm³/mol. The van der Waals surface area contributed by atoms with Crippen LogP contribution in [0.25, 0.3) is 0 Å². The van der Waals surface area contributed by atoms with Crippen molar-refractivity contribution in [3.05, 3.63) is 12.4 Å². The lowest BCUT2D eigenvalue weighted by Crippen LogP contribution is -2.55. The van der Waals surface area contributed by atoms with Gasteiger partial charge in [-0.05, 0) is 67.2 Å². The van der Waals surface area contributed by atoms with Crippen molar-refractivity contribution in [3.8, 4) is 0 Å². The third kappa shape index (κ3) is 6.88. The molecule has 2 atom stereocenters. The van der Waals surface area contributed by atoms with Gasteiger partial charge in [0.25, 0.3) is 0 Å². The Labute approximate surface area is 215 Å². The summed E-state index contributed by atoms with van der Waals surface area (Å²) >= 11 is 0. The maximum atomic E-state index is 13.3. The molecule has 1 aromatic rings. The fourth-order valence-corrected chi connectivity index (χ4v) is 4.14. The third-order valence-corrected chi connectivity index (χ3v) is 6.87. The van der Waals surface area contributed by atoms with Crippen molar-refractivity contribution in [2.24, 2.45) is 5.92 Å². The second-order valence-electron chi connectivity index (χ2n) is 12.1. The number of amides is 2. The van der Waals surface area contributed by atoms with Crippen LogP contribution >= 0.6 is 0 Å². The number of hydrogen-bond acceptors (Lipinski definition) is 8. The number of rotatable bonds is 6. The SMILES string of the molecule is CC(C)C(NC(=O)OC(C)(C)C)C(=O)N1CCCC(Nc2ncc(B3OC(C)(C)C(C)(C)O3)cn2)C1. The van der Waals surface area contributed by atoms with Crippen molar-refractivity contribution >= 4 is 30.5 Å². The summed E-state index contributed by atoms with van der Waals surface area (Å²) < 4.78 is 17.5. The molecule has 2 aliphatic heterocycles. The molecular weight excluding hydrogens is 461 g/mol. The first-order valence-corrected chi connectivity index (χ1v) is 12.8. The average molecular weight is 503 g/mol. The van der Waals surface area contributed by atoms with Crippen LogP contribution in [0, 0.1) is 5.92 Å². The smallest absolute Gasteiger partial charge is 0.444 e. The van der Waals surface area contributed by atoms with Crippen LogP contribution < -0.4 is 16.1 Å². The number of alkyl carbamates (subject to hydrolysis) is 1. The van der Waals surface area contributed by atoms with Gasteiger partial charge in [0, 0.05) is 37.0 Å². The lowest BCUT2D eigenvalue weighted by Gasteiger charge is -2.36. The van der Waals surface area contributed by atoms with Crippen LogP contribution in [0.1, 0.15) is 75.2 Å². The Kier molecular flexibility index (Phi) is 8.25. The molecule has 0 aliphatic carbocycles. The van der Waals surface area contributed by atoms with E-state index >= 15 is 0 Å². The zero-order valence-electron chi connectivity index (χ0n) is 23.2. The molecular formula is C25H42BN5O5. The molecule has 36 heavy (non-hydrogen) atoms. The van der Waals surface area contributed by atoms with Gasteiger partial charge in [0.15, 0.2) is 0 Å². The first kappa shape index (κ1) is 28.2. The molecule has 0 radical (unpaired) electrons. The van der Waals surface area contributed by atoms with Crippen LogP contribution in [0.4, 0.5) is 10.7 Å². The van der Waals surface area contributed by atoms with Gasteiger partial charge in [-0.1, -0.05) is 13.8 Å². The van der Waals surface area contributed by atoms with Gasteiger partial charge in [0.1, 0.15) is 11.6 Å². The first-order chi connectivity index (χ1) is 16.6. The summed E-state index contributed by atoms with van der Waals surface area (Å²) in [6.07, 6.45) is 4.56. The number of hydrogen-bond donors (Lipinski definition) is 2. The molecule has 3 heterocycles. The molecule has 0 aromatic carbocycles. The highest BCUT2D eigenvalue weighted by Gasteiger charge is 2.52. The van der Waals surface area contributed by atoms with E-state index in [4.69, 9.17) is 14.0 Å². The molecule has 0 bridgehead atoms. The lowest BCUT2D eigenvalue weighted by atomic mass is 9.81. The van der Waals surface area contributed by atoms with Gasteiger partial charge in [-0.3, -0.25) is 4.79 Å². The van der Waals surface area contributed by atoms with Crippen LogP contribution in [-0.2, 0) is 18.8 Å². The zero-order chi connectivity index (χ0) is 26.9. The number of ether oxygens (including phenoxy) is 1. The zero-order valence-corrected chi connectivity index (χ0v) is 23.2. The topological polar surface area (TPSA) is 115 Å². The molecule has 2 amide bonds. The monoisotopic (exact) mass is 503 g/mol. The maximum Gasteiger partial charge on any atom is 0.498 e. The second kappa shape index (κ2) is 10.5. The molecule has 0 saturated carbocycles. The molecule has 3 rings (SSSR count). The van der Waals surface area contributed by atoms with Crippen LogP contribution in [-0.4, -0.2) is 76.0 Å². The van der Waals surface area contributed by atoms with E-state index in [1.807, 2.05) is 41.5 Å². The predicted octanol–water partition coefficient (Wildman–Crippen LogP) is 2.73. The summed E-state index contributed by atoms with van der Waals surface area (Å²) in [7, 11) is -0.516. The number of nitrogens with one attached hydrogen (secondary N) is 2. The van der Waals surface area contributed by atoms with Gasteiger partial charge in [-0.15, -0.1) is 0 Å². The third-order valence-electron chi connectivity index (χ3n) is 6.87. The van der Waals surface area contributed by atoms with Crippen LogP contribution in [0.3, 0.4) is 0 Å². The Balaban J connectivity index is 1.59. The van der Waals surface area contributed by atoms with E-state index in [1.165, 1.54) is 0 Å². The number of piperidine rings is 1. The van der Waals surface area contributed by atoms with Crippen molar-refractivity contribution in [1.82, 2.24) is 20.2 Å². The standard InChI is InChI=1S/C25H42BN5O5/c1-16(2)19(30-22(33)34-23(3,4)5)20(32)31-12-10-11-18(15-31)29-21-27-13-17(14-28-21)26-35-24(6,7)25(8,9)36-26/h13-14,16,18-19H,10-12,15H2,1-9H3,(H,30,33)(H,27,28,29). The minimum Gasteiger partial charge on any atom is -0.444 e. The van der Waals surface area contributed by atoms with E-state index in [9.17, 15) is 9.59 Å². The Bertz CT molecular complexity index is 916. The number of carbonyl (C=O) groups is 2. The van der Waals surface area contributed by atoms with Crippen LogP contribution in [0.2, 0.25) is 0 Å². The normalized spacial score (nSPS) is 22.3. The molecule has 2 saturated heterocycles. The highest BCUT2D eigenvalue weighted by atomic mass is 16.7. The van der Waals surface area contributed by atoms with Gasteiger partial charge < -0.3 is 29.6 Å². The molecule has 0 spiro atoms. The highest BCUT2D eigenvalue weighted by Crippen LogP contribution is 2.36. The molecule has 2 aliphatic rings. The largest absolute Gasteiger partial charge is 0.498 e. The van der Waals surface area contributed by atoms with Crippen molar-refractivity contribution < 1.29 is 23.6 Å². The van der Waals surface area contributed by atoms with E-state index in [1.54, 1.807) is 38.1 Å². The average Bonchev–Trinajstić information content (AvgIpc) is 2.98. The summed E-state index contributed by atoms with van der Waals surface area (Å²) in [5.74, 6) is 0.297. The van der Waals surface area contributed by atoms with Crippen molar-refractivity contribution in [2.45, 2.75) is 104 Å². The number of nitrogens with zero attached hydrogens (tertiary/aromatic N) is 3. The lowest BCUT2D eigenvalue weighted by molar-refractivity contribution is -0.135. The van der Waals surface area contributed by atoms with Gasteiger partial charge in [0.05, 0.1) is 11.2 Å². The fraction of sp³-hybridized carbons (Fsp3) is 0.760. The molecule has 200 valence electrons. The van der Waals surface area contributed by atoms with Crippen molar-refractivity contribution in [3.63, 3.8) is 0 Å². The Morgan fingerprint density at radius 2 is 1.72 bits per heavy atom. The van der Waals surface area contributed by atoms with Crippen LogP contribution in [0.5, 0.6) is 0 Å². The number of likely N-dealkylation sites (tertiary alicyclic amines) is 1. The summed E-state index contributed by atoms with van der Waals surface area (Å²) in [5.41, 5.74) is -0.738. The van der Waals surface area contributed by atoms with E-state index in [2.05, 4.69) is 20.6 Å². The van der Waals surface area contributed by atoms with Crippen molar-refractivity contribution in [2.75, 3.05) is 18.4 Å². The fourth-order valence-electron chi connectivity index (χ4n) is 4.14. The quantitative estimate of drug-likeness (QED) is 0.570. The number of carbonyl (C=O) groups excluding carboxylic acids is 2. The Hall–Kier alpha value is -2.40. The minimum atomic E-state index is -0.658. The van der Waals surface area contributed by atoms with Gasteiger partial charge >= 0.3 is 13.2 Å². The molecule has 2 unspecified atom stereocenters. The van der Waals surface area contributed by atoms with E-state index in [0.29, 0.717) is 19.0 Å². The minimum absolute atomic E-state index is 0.000244. The number of aromatic nitrogens is 2. The van der Waals surface area contributed by atoms with Gasteiger partial charge in [-0.25, -0.2) is 14.8 Å². The molecule has 10 nitrogen and oxygen atoms in total. The van der Waals surface area contributed by atoms with E-state index in [-0.39, 0.29) is 17.9 Å². The van der Waals surface area contributed by atoms with Crippen LogP contribution in [0.15, 0.2) is 12.4 Å². The summed E-state index contributed by atoms with van der Waals surface area (Å²) in [6.45, 7) is 18.4. The molecule has 1 aromatic heterocycles. The molecule has 2 fully saturated rings. The van der Waals surface area contributed by atoms with E-state index < -0.39 is 36.1 Å². The van der Waals surface area contributed by atoms with Gasteiger partial charge in [0.2, 0.25) is 11.9 Å². The highest BCUT2D eigenvalue weighted by molar-refractivity contribution is 6.61. The summed E-state index contributed by atoms with van der Waals surface area (Å²) in [5, 5.41) is 6.10. The number of anilines is 1. The Morgan fingerprint density at radius 1 is 1.14 bits per heavy atom. The summed E-state index contributed by atoms with van der Waals surface area (Å²) in [4.78, 5) is 36.3. The second-order valence-corrected chi connectivity index (χ2v) is 12.1. The van der Waals surface area contributed by atoms with Crippen molar-refractivity contribution in [1.29, 1.82) is 0 Å². The first-order valence-electron chi connectivity index (χ1n) is 12.8. The summed E-state index contributed by atoms with van der Waals surface area (Å²) in [6, 6.07) is -0.659. The molecule has 2 N–H and O–H groups in total.